The summed E-state index contributed by atoms with van der Waals surface area (Å²) >= 11 is 0. The summed E-state index contributed by atoms with van der Waals surface area (Å²) in [4.78, 5) is 62.5. The maximum Gasteiger partial charge on any atom is 0.306 e. The van der Waals surface area contributed by atoms with E-state index in [1.54, 1.807) is 45.9 Å². The van der Waals surface area contributed by atoms with Crippen molar-refractivity contribution < 1.29 is 33.8 Å². The molecule has 1 aliphatic carbocycles. The first kappa shape index (κ1) is 46.5. The summed E-state index contributed by atoms with van der Waals surface area (Å²) in [5, 5.41) is 39.7. The smallest absolute Gasteiger partial charge is 0.306 e. The second-order valence-corrected chi connectivity index (χ2v) is 15.2. The molecule has 0 saturated carbocycles. The molecule has 316 valence electrons. The first-order valence-electron chi connectivity index (χ1n) is 20.2. The third-order valence-corrected chi connectivity index (χ3v) is 10.2. The van der Waals surface area contributed by atoms with Crippen molar-refractivity contribution in [2.75, 3.05) is 36.5 Å². The Morgan fingerprint density at radius 3 is 2.28 bits per heavy atom. The van der Waals surface area contributed by atoms with Crippen LogP contribution in [-0.4, -0.2) is 71.9 Å². The third-order valence-electron chi connectivity index (χ3n) is 10.2. The number of carbonyl (C=O) groups excluding carboxylic acids is 4. The lowest BCUT2D eigenvalue weighted by atomic mass is 9.79. The van der Waals surface area contributed by atoms with E-state index in [0.29, 0.717) is 41.1 Å². The highest BCUT2D eigenvalue weighted by atomic mass is 16.5. The molecule has 0 bridgehead atoms. The summed E-state index contributed by atoms with van der Waals surface area (Å²) in [5.41, 5.74) is 0.0163. The van der Waals surface area contributed by atoms with Gasteiger partial charge in [-0.15, -0.1) is 5.10 Å². The van der Waals surface area contributed by atoms with E-state index in [1.807, 2.05) is 30.9 Å². The van der Waals surface area contributed by atoms with Gasteiger partial charge in [0.15, 0.2) is 0 Å². The lowest BCUT2D eigenvalue weighted by Crippen LogP contribution is -2.35. The fraction of sp³-hybridized carbons (Fsp3) is 0.413. The number of rotatable bonds is 16. The number of allylic oxidation sites excluding steroid dienone is 2. The number of esters is 1. The fourth-order valence-corrected chi connectivity index (χ4v) is 6.81. The minimum atomic E-state index is -0.825. The summed E-state index contributed by atoms with van der Waals surface area (Å²) in [6.45, 7) is 28.4. The number of nitrogens with one attached hydrogen (secondary N) is 1. The van der Waals surface area contributed by atoms with Gasteiger partial charge in [-0.2, -0.15) is 0 Å². The maximum absolute atomic E-state index is 14.0. The van der Waals surface area contributed by atoms with Crippen molar-refractivity contribution in [1.29, 1.82) is 10.5 Å². The number of Topliss-reactive ketones (excluding diaryl/α,β-unsaturated/α-hetero) is 1. The Hall–Kier alpha value is -7.23. The molecule has 4 rings (SSSR count). The van der Waals surface area contributed by atoms with Crippen molar-refractivity contribution in [3.8, 4) is 12.1 Å². The summed E-state index contributed by atoms with van der Waals surface area (Å²) in [7, 11) is 0. The molecule has 0 fully saturated rings. The van der Waals surface area contributed by atoms with Crippen molar-refractivity contribution in [2.45, 2.75) is 93.0 Å². The molecule has 0 saturated heterocycles. The number of likely N-dealkylation sites (N-methyl/N-ethyl adjacent to an activating group) is 1. The van der Waals surface area contributed by atoms with Crippen LogP contribution in [-0.2, 0) is 35.1 Å². The minimum Gasteiger partial charge on any atom is -0.506 e. The van der Waals surface area contributed by atoms with Crippen LogP contribution in [0.15, 0.2) is 58.4 Å². The van der Waals surface area contributed by atoms with Gasteiger partial charge in [0.2, 0.25) is 17.6 Å². The molecule has 2 N–H and O–H groups in total. The number of aryl methyl sites for hydroxylation is 1. The van der Waals surface area contributed by atoms with E-state index < -0.39 is 28.8 Å². The highest BCUT2D eigenvalue weighted by molar-refractivity contribution is 6.44. The van der Waals surface area contributed by atoms with Crippen molar-refractivity contribution in [2.24, 2.45) is 10.5 Å². The highest BCUT2D eigenvalue weighted by Crippen LogP contribution is 2.43. The first-order chi connectivity index (χ1) is 29.1. The number of nitriles is 2. The van der Waals surface area contributed by atoms with Crippen LogP contribution in [0.25, 0.3) is 26.7 Å². The molecule has 1 heterocycles. The molecule has 2 aliphatic rings. The number of unbranched alkanes of at least 4 members (excludes halogenated alkanes) is 1. The van der Waals surface area contributed by atoms with Crippen molar-refractivity contribution in [3.63, 3.8) is 0 Å². The third kappa shape index (κ3) is 10.3. The van der Waals surface area contributed by atoms with E-state index in [-0.39, 0.29) is 89.8 Å². The van der Waals surface area contributed by atoms with Crippen LogP contribution in [0.3, 0.4) is 0 Å². The summed E-state index contributed by atoms with van der Waals surface area (Å²) in [6.07, 6.45) is 3.14. The Balaban J connectivity index is 1.61. The molecule has 1 unspecified atom stereocenters. The molecule has 0 radical (unpaired) electrons. The van der Waals surface area contributed by atoms with E-state index in [2.05, 4.69) is 27.0 Å². The Morgan fingerprint density at radius 2 is 1.70 bits per heavy atom. The van der Waals surface area contributed by atoms with E-state index in [1.165, 1.54) is 23.2 Å². The number of ether oxygens (including phenoxy) is 2. The normalized spacial score (nSPS) is 16.2. The van der Waals surface area contributed by atoms with Gasteiger partial charge in [-0.25, -0.2) is 25.2 Å². The van der Waals surface area contributed by atoms with Gasteiger partial charge in [-0.3, -0.25) is 19.2 Å². The van der Waals surface area contributed by atoms with Crippen LogP contribution >= 0.6 is 0 Å². The quantitative estimate of drug-likeness (QED) is 0.114. The van der Waals surface area contributed by atoms with Gasteiger partial charge in [-0.1, -0.05) is 71.2 Å². The highest BCUT2D eigenvalue weighted by Gasteiger charge is 2.46. The predicted octanol–water partition coefficient (Wildman–Crippen LogP) is 6.09. The topological polar surface area (TPSA) is 194 Å². The van der Waals surface area contributed by atoms with Gasteiger partial charge in [-0.05, 0) is 61.7 Å². The second-order valence-electron chi connectivity index (χ2n) is 15.2. The number of benzene rings is 2. The zero-order valence-electron chi connectivity index (χ0n) is 35.6. The standard InChI is InChI=1S/C46H50N8O7/c1-10-14-15-30(11-2)54-44(58)40(43(52-54)60-13-4)39-41(56)38(42(39)57)33-20-18-31(25-34(33)51-45(59)46(5,6)7)53(12-3)22-23-61-37(55)21-17-28-24-29(35(26-47)49-8)16-19-32(28)36(27-48)50-9/h16,18-20,24-25,30,56H,10-15,17,21-23H2,1-7H3,(H,51,59)/b35-29-,36-32-,40-39+. The zero-order chi connectivity index (χ0) is 45.0. The van der Waals surface area contributed by atoms with Crippen LogP contribution in [0, 0.1) is 41.2 Å². The average molecular weight is 827 g/mol. The van der Waals surface area contributed by atoms with Crippen LogP contribution in [0.4, 0.5) is 11.4 Å². The van der Waals surface area contributed by atoms with Crippen molar-refractivity contribution in [3.05, 3.63) is 97.7 Å². The van der Waals surface area contributed by atoms with E-state index >= 15 is 0 Å². The molecule has 2 aromatic carbocycles. The van der Waals surface area contributed by atoms with Gasteiger partial charge in [0, 0.05) is 29.6 Å². The van der Waals surface area contributed by atoms with Crippen LogP contribution < -0.4 is 20.7 Å². The zero-order valence-corrected chi connectivity index (χ0v) is 35.6. The largest absolute Gasteiger partial charge is 0.506 e. The number of nitrogens with zero attached hydrogens (tertiary/aromatic N) is 7. The fourth-order valence-electron chi connectivity index (χ4n) is 6.81. The van der Waals surface area contributed by atoms with Crippen LogP contribution in [0.5, 0.6) is 0 Å². The van der Waals surface area contributed by atoms with Gasteiger partial charge in [0.05, 0.1) is 61.3 Å². The number of hydrogen-bond acceptors (Lipinski definition) is 11. The lowest BCUT2D eigenvalue weighted by Gasteiger charge is -2.28. The first-order valence-corrected chi connectivity index (χ1v) is 20.2. The molecular formula is C46H50N8O7. The maximum atomic E-state index is 14.0. The van der Waals surface area contributed by atoms with Crippen molar-refractivity contribution >= 4 is 57.8 Å². The Bertz CT molecular complexity index is 2470. The lowest BCUT2D eigenvalue weighted by molar-refractivity contribution is -0.143. The molecule has 1 aliphatic heterocycles. The van der Waals surface area contributed by atoms with Crippen LogP contribution in [0.1, 0.15) is 91.7 Å². The SMILES string of the molecule is [C-]#[N+]/C(C#N)=c1/cc/c(=C(\C#N)[N+]#[C-])c(CCC(=O)OCCN(CC)c2ccc(C3=C(O)/C(=C4\C(=O)N(C(CC)CCCC)N=C4OCC)C3=O)c(NC(=O)C(C)(C)C)c2)c1. The minimum absolute atomic E-state index is 0.0255. The molecule has 2 aromatic rings. The number of hydrazone groups is 1. The number of amides is 2. The second kappa shape index (κ2) is 20.6. The monoisotopic (exact) mass is 826 g/mol. The molecule has 2 amide bonds. The molecule has 61 heavy (non-hydrogen) atoms. The molecule has 15 heteroatoms. The number of carbonyl (C=O) groups is 4. The molecular weight excluding hydrogens is 777 g/mol. The number of hydrogen-bond donors (Lipinski definition) is 2. The number of aliphatic hydroxyl groups excluding tert-OH is 1. The summed E-state index contributed by atoms with van der Waals surface area (Å²) in [6, 6.07) is 12.9. The van der Waals surface area contributed by atoms with Gasteiger partial charge in [0.1, 0.15) is 17.9 Å². The number of aliphatic hydroxyl groups is 1. The number of ketones is 1. The van der Waals surface area contributed by atoms with Crippen molar-refractivity contribution in [1.82, 2.24) is 5.01 Å². The molecule has 0 spiro atoms. The summed E-state index contributed by atoms with van der Waals surface area (Å²) < 4.78 is 11.3. The van der Waals surface area contributed by atoms with Gasteiger partial charge < -0.3 is 24.8 Å². The van der Waals surface area contributed by atoms with Crippen LogP contribution in [0.2, 0.25) is 0 Å². The Labute approximate surface area is 356 Å². The summed E-state index contributed by atoms with van der Waals surface area (Å²) in [5.74, 6) is -2.46. The Kier molecular flexibility index (Phi) is 15.7. The molecule has 15 nitrogen and oxygen atoms in total. The van der Waals surface area contributed by atoms with Gasteiger partial charge >= 0.3 is 5.97 Å². The average Bonchev–Trinajstić information content (AvgIpc) is 3.54. The molecule has 1 atom stereocenters. The predicted molar refractivity (Wildman–Crippen MR) is 230 cm³/mol. The van der Waals surface area contributed by atoms with E-state index in [9.17, 15) is 34.8 Å². The Morgan fingerprint density at radius 1 is 1.00 bits per heavy atom. The molecule has 0 aromatic heterocycles. The van der Waals surface area contributed by atoms with E-state index in [4.69, 9.17) is 22.6 Å². The van der Waals surface area contributed by atoms with Gasteiger partial charge in [0.25, 0.3) is 17.3 Å². The van der Waals surface area contributed by atoms with E-state index in [0.717, 1.165) is 12.8 Å². The number of anilines is 2.